The number of aryl methyl sites for hydroxylation is 1. The quantitative estimate of drug-likeness (QED) is 0.834. The van der Waals surface area contributed by atoms with Gasteiger partial charge in [0.15, 0.2) is 5.69 Å². The molecule has 0 bridgehead atoms. The van der Waals surface area contributed by atoms with Gasteiger partial charge in [0.05, 0.1) is 0 Å². The summed E-state index contributed by atoms with van der Waals surface area (Å²) in [6, 6.07) is 11.2. The van der Waals surface area contributed by atoms with Gasteiger partial charge in [-0.15, -0.1) is 0 Å². The van der Waals surface area contributed by atoms with Crippen LogP contribution in [0.4, 0.5) is 0 Å². The molecule has 1 heterocycles. The second-order valence-corrected chi connectivity index (χ2v) is 3.52. The van der Waals surface area contributed by atoms with Crippen molar-refractivity contribution >= 4 is 5.97 Å². The van der Waals surface area contributed by atoms with E-state index in [2.05, 4.69) is 4.98 Å². The summed E-state index contributed by atoms with van der Waals surface area (Å²) in [5, 5.41) is 9.06. The van der Waals surface area contributed by atoms with Crippen LogP contribution >= 0.6 is 0 Å². The van der Waals surface area contributed by atoms with Crippen molar-refractivity contribution in [3.63, 3.8) is 0 Å². The number of nitrogens with zero attached hydrogens (tertiary/aromatic N) is 1. The molecular weight excluding hydrogens is 202 g/mol. The Labute approximate surface area is 93.4 Å². The summed E-state index contributed by atoms with van der Waals surface area (Å²) in [4.78, 5) is 14.9. The van der Waals surface area contributed by atoms with Crippen molar-refractivity contribution < 1.29 is 9.90 Å². The molecule has 0 aliphatic carbocycles. The Balaban J connectivity index is 2.65. The number of pyridine rings is 1. The molecule has 0 unspecified atom stereocenters. The number of aromatic nitrogens is 1. The van der Waals surface area contributed by atoms with Crippen LogP contribution in [-0.4, -0.2) is 16.1 Å². The van der Waals surface area contributed by atoms with Crippen LogP contribution < -0.4 is 0 Å². The Morgan fingerprint density at radius 3 is 2.50 bits per heavy atom. The minimum absolute atomic E-state index is 0.0943. The van der Waals surface area contributed by atoms with Crippen molar-refractivity contribution in [1.82, 2.24) is 4.98 Å². The number of carboxylic acid groups (broad SMARTS) is 1. The Bertz CT molecular complexity index is 535. The molecule has 0 aliphatic rings. The fraction of sp³-hybridized carbons (Fsp3) is 0.0769. The van der Waals surface area contributed by atoms with E-state index in [9.17, 15) is 4.79 Å². The fourth-order valence-electron chi connectivity index (χ4n) is 1.67. The summed E-state index contributed by atoms with van der Waals surface area (Å²) < 4.78 is 0. The van der Waals surface area contributed by atoms with Gasteiger partial charge in [0, 0.05) is 11.8 Å². The molecule has 2 rings (SSSR count). The van der Waals surface area contributed by atoms with Gasteiger partial charge in [0.2, 0.25) is 0 Å². The second kappa shape index (κ2) is 4.14. The smallest absolute Gasteiger partial charge is 0.355 e. The Kier molecular flexibility index (Phi) is 2.68. The minimum atomic E-state index is -1.00. The second-order valence-electron chi connectivity index (χ2n) is 3.52. The van der Waals surface area contributed by atoms with Gasteiger partial charge >= 0.3 is 5.97 Å². The lowest BCUT2D eigenvalue weighted by molar-refractivity contribution is 0.0691. The molecule has 1 aromatic heterocycles. The van der Waals surface area contributed by atoms with E-state index >= 15 is 0 Å². The highest BCUT2D eigenvalue weighted by Crippen LogP contribution is 2.25. The molecule has 0 radical (unpaired) electrons. The zero-order valence-corrected chi connectivity index (χ0v) is 8.84. The fourth-order valence-corrected chi connectivity index (χ4v) is 1.67. The first kappa shape index (κ1) is 10.4. The van der Waals surface area contributed by atoms with E-state index in [4.69, 9.17) is 5.11 Å². The van der Waals surface area contributed by atoms with Crippen molar-refractivity contribution in [2.45, 2.75) is 6.92 Å². The van der Waals surface area contributed by atoms with Crippen LogP contribution in [0.5, 0.6) is 0 Å². The predicted octanol–water partition coefficient (Wildman–Crippen LogP) is 2.76. The van der Waals surface area contributed by atoms with Crippen molar-refractivity contribution in [3.05, 3.63) is 53.9 Å². The first-order valence-electron chi connectivity index (χ1n) is 4.94. The maximum absolute atomic E-state index is 11.0. The van der Waals surface area contributed by atoms with Crippen LogP contribution in [0.15, 0.2) is 42.6 Å². The van der Waals surface area contributed by atoms with E-state index in [1.54, 1.807) is 12.1 Å². The number of hydrogen-bond donors (Lipinski definition) is 1. The molecule has 2 aromatic rings. The third-order valence-corrected chi connectivity index (χ3v) is 2.45. The number of carboxylic acids is 1. The maximum Gasteiger partial charge on any atom is 0.355 e. The molecule has 0 amide bonds. The van der Waals surface area contributed by atoms with Gasteiger partial charge < -0.3 is 5.11 Å². The molecule has 1 N–H and O–H groups in total. The third-order valence-electron chi connectivity index (χ3n) is 2.45. The van der Waals surface area contributed by atoms with Crippen LogP contribution in [0.25, 0.3) is 11.1 Å². The lowest BCUT2D eigenvalue weighted by atomic mass is 9.99. The molecule has 16 heavy (non-hydrogen) atoms. The normalized spacial score (nSPS) is 10.1. The molecule has 80 valence electrons. The average Bonchev–Trinajstić information content (AvgIpc) is 2.29. The largest absolute Gasteiger partial charge is 0.476 e. The summed E-state index contributed by atoms with van der Waals surface area (Å²) in [6.07, 6.45) is 1.49. The van der Waals surface area contributed by atoms with E-state index in [-0.39, 0.29) is 5.69 Å². The van der Waals surface area contributed by atoms with Gasteiger partial charge in [-0.25, -0.2) is 9.78 Å². The van der Waals surface area contributed by atoms with Gasteiger partial charge in [-0.3, -0.25) is 0 Å². The molecule has 0 spiro atoms. The molecule has 1 aromatic carbocycles. The maximum atomic E-state index is 11.0. The summed E-state index contributed by atoms with van der Waals surface area (Å²) in [6.45, 7) is 1.95. The Morgan fingerprint density at radius 2 is 1.81 bits per heavy atom. The third kappa shape index (κ3) is 1.80. The number of carbonyl (C=O) groups is 1. The van der Waals surface area contributed by atoms with Crippen LogP contribution in [0.3, 0.4) is 0 Å². The van der Waals surface area contributed by atoms with Gasteiger partial charge in [-0.1, -0.05) is 30.3 Å². The van der Waals surface area contributed by atoms with Crippen molar-refractivity contribution in [2.24, 2.45) is 0 Å². The van der Waals surface area contributed by atoms with Crippen molar-refractivity contribution in [2.75, 3.05) is 0 Å². The molecule has 0 saturated carbocycles. The van der Waals surface area contributed by atoms with Gasteiger partial charge in [-0.05, 0) is 24.1 Å². The average molecular weight is 213 g/mol. The number of rotatable bonds is 2. The summed E-state index contributed by atoms with van der Waals surface area (Å²) in [5.74, 6) is -1.00. The van der Waals surface area contributed by atoms with E-state index in [1.165, 1.54) is 6.20 Å². The predicted molar refractivity (Wildman–Crippen MR) is 61.4 cm³/mol. The summed E-state index contributed by atoms with van der Waals surface area (Å²) in [7, 11) is 0. The monoisotopic (exact) mass is 213 g/mol. The highest BCUT2D eigenvalue weighted by molar-refractivity contribution is 5.94. The zero-order valence-electron chi connectivity index (χ0n) is 8.84. The molecule has 0 saturated heterocycles. The summed E-state index contributed by atoms with van der Waals surface area (Å²) in [5.41, 5.74) is 2.70. The Morgan fingerprint density at radius 1 is 1.12 bits per heavy atom. The zero-order chi connectivity index (χ0) is 11.5. The molecular formula is C13H11NO2. The lowest BCUT2D eigenvalue weighted by Gasteiger charge is -2.07. The first-order chi connectivity index (χ1) is 7.70. The number of hydrogen-bond acceptors (Lipinski definition) is 2. The molecule has 3 heteroatoms. The van der Waals surface area contributed by atoms with E-state index in [0.29, 0.717) is 5.56 Å². The van der Waals surface area contributed by atoms with E-state index in [1.807, 2.05) is 31.2 Å². The van der Waals surface area contributed by atoms with E-state index in [0.717, 1.165) is 11.1 Å². The van der Waals surface area contributed by atoms with E-state index < -0.39 is 5.97 Å². The first-order valence-corrected chi connectivity index (χ1v) is 4.94. The lowest BCUT2D eigenvalue weighted by Crippen LogP contribution is -2.03. The number of benzene rings is 1. The van der Waals surface area contributed by atoms with Gasteiger partial charge in [-0.2, -0.15) is 0 Å². The van der Waals surface area contributed by atoms with Crippen LogP contribution in [0.2, 0.25) is 0 Å². The van der Waals surface area contributed by atoms with Crippen LogP contribution in [-0.2, 0) is 0 Å². The standard InChI is InChI=1S/C13H11NO2/c1-9-5-2-3-6-10(9)11-7-4-8-14-12(11)13(15)16/h2-8H,1H3,(H,15,16). The number of aromatic carboxylic acids is 1. The SMILES string of the molecule is Cc1ccccc1-c1cccnc1C(=O)O. The molecule has 3 nitrogen and oxygen atoms in total. The topological polar surface area (TPSA) is 50.2 Å². The highest BCUT2D eigenvalue weighted by atomic mass is 16.4. The Hall–Kier alpha value is -2.16. The van der Waals surface area contributed by atoms with Crippen LogP contribution in [0, 0.1) is 6.92 Å². The molecule has 0 fully saturated rings. The molecule has 0 atom stereocenters. The van der Waals surface area contributed by atoms with Crippen LogP contribution in [0.1, 0.15) is 16.1 Å². The minimum Gasteiger partial charge on any atom is -0.476 e. The molecule has 0 aliphatic heterocycles. The summed E-state index contributed by atoms with van der Waals surface area (Å²) >= 11 is 0. The highest BCUT2D eigenvalue weighted by Gasteiger charge is 2.13. The van der Waals surface area contributed by atoms with Crippen molar-refractivity contribution in [3.8, 4) is 11.1 Å². The van der Waals surface area contributed by atoms with Gasteiger partial charge in [0.1, 0.15) is 0 Å². The van der Waals surface area contributed by atoms with Gasteiger partial charge in [0.25, 0.3) is 0 Å². The van der Waals surface area contributed by atoms with Crippen molar-refractivity contribution in [1.29, 1.82) is 0 Å².